The van der Waals surface area contributed by atoms with E-state index in [1.54, 1.807) is 0 Å². The van der Waals surface area contributed by atoms with Crippen LogP contribution in [0.5, 0.6) is 0 Å². The molecular formula is C14H21N3. The molecule has 0 bridgehead atoms. The zero-order valence-corrected chi connectivity index (χ0v) is 11.1. The number of rotatable bonds is 3. The highest BCUT2D eigenvalue weighted by Gasteiger charge is 2.08. The van der Waals surface area contributed by atoms with E-state index in [4.69, 9.17) is 0 Å². The van der Waals surface area contributed by atoms with Gasteiger partial charge in [0.15, 0.2) is 0 Å². The van der Waals surface area contributed by atoms with Gasteiger partial charge in [0.1, 0.15) is 0 Å². The molecule has 0 fully saturated rings. The first kappa shape index (κ1) is 12.1. The van der Waals surface area contributed by atoms with Gasteiger partial charge in [0.25, 0.3) is 0 Å². The van der Waals surface area contributed by atoms with E-state index in [1.807, 2.05) is 17.9 Å². The van der Waals surface area contributed by atoms with Crippen LogP contribution in [-0.2, 0) is 13.5 Å². The number of hydrogen-bond acceptors (Lipinski definition) is 2. The van der Waals surface area contributed by atoms with Crippen molar-refractivity contribution >= 4 is 11.0 Å². The Morgan fingerprint density at radius 2 is 2.06 bits per heavy atom. The Balaban J connectivity index is 2.04. The zero-order valence-electron chi connectivity index (χ0n) is 11.1. The van der Waals surface area contributed by atoms with Crippen molar-refractivity contribution in [2.75, 3.05) is 6.54 Å². The molecule has 1 heterocycles. The Morgan fingerprint density at radius 1 is 1.29 bits per heavy atom. The first-order valence-corrected chi connectivity index (χ1v) is 6.11. The van der Waals surface area contributed by atoms with Crippen LogP contribution in [0.1, 0.15) is 26.3 Å². The van der Waals surface area contributed by atoms with Gasteiger partial charge in [-0.25, -0.2) is 4.98 Å². The Bertz CT molecular complexity index is 506. The van der Waals surface area contributed by atoms with Crippen LogP contribution >= 0.6 is 0 Å². The normalized spacial score (nSPS) is 12.2. The molecule has 0 aliphatic carbocycles. The van der Waals surface area contributed by atoms with Crippen LogP contribution in [0.4, 0.5) is 0 Å². The summed E-state index contributed by atoms with van der Waals surface area (Å²) in [7, 11) is 2.02. The molecule has 0 atom stereocenters. The minimum Gasteiger partial charge on any atom is -0.334 e. The molecule has 0 radical (unpaired) electrons. The lowest BCUT2D eigenvalue weighted by atomic mass is 10.1. The lowest BCUT2D eigenvalue weighted by Gasteiger charge is -2.20. The minimum atomic E-state index is 0.190. The van der Waals surface area contributed by atoms with Crippen molar-refractivity contribution in [1.29, 1.82) is 0 Å². The summed E-state index contributed by atoms with van der Waals surface area (Å²) in [4.78, 5) is 4.38. The molecule has 1 N–H and O–H groups in total. The van der Waals surface area contributed by atoms with E-state index < -0.39 is 0 Å². The van der Waals surface area contributed by atoms with Crippen molar-refractivity contribution in [2.45, 2.75) is 32.7 Å². The second-order valence-electron chi connectivity index (χ2n) is 5.61. The summed E-state index contributed by atoms with van der Waals surface area (Å²) in [6.45, 7) is 7.57. The third-order valence-corrected chi connectivity index (χ3v) is 2.86. The largest absolute Gasteiger partial charge is 0.334 e. The fraction of sp³-hybridized carbons (Fsp3) is 0.500. The predicted octanol–water partition coefficient (Wildman–Crippen LogP) is 2.50. The van der Waals surface area contributed by atoms with E-state index in [1.165, 1.54) is 11.1 Å². The average Bonchev–Trinajstić information content (AvgIpc) is 2.58. The topological polar surface area (TPSA) is 29.9 Å². The van der Waals surface area contributed by atoms with Crippen LogP contribution in [0.2, 0.25) is 0 Å². The number of benzene rings is 1. The zero-order chi connectivity index (χ0) is 12.5. The lowest BCUT2D eigenvalue weighted by Crippen LogP contribution is -2.37. The maximum Gasteiger partial charge on any atom is 0.0955 e. The van der Waals surface area contributed by atoms with Gasteiger partial charge in [-0.05, 0) is 51.4 Å². The van der Waals surface area contributed by atoms with Gasteiger partial charge in [0.2, 0.25) is 0 Å². The summed E-state index contributed by atoms with van der Waals surface area (Å²) < 4.78 is 2.05. The molecule has 0 aliphatic rings. The number of nitrogens with one attached hydrogen (secondary N) is 1. The lowest BCUT2D eigenvalue weighted by molar-refractivity contribution is 0.429. The van der Waals surface area contributed by atoms with Gasteiger partial charge in [0.05, 0.1) is 17.4 Å². The smallest absolute Gasteiger partial charge is 0.0955 e. The third kappa shape index (κ3) is 3.07. The Labute approximate surface area is 103 Å². The van der Waals surface area contributed by atoms with Crippen LogP contribution in [0, 0.1) is 0 Å². The molecule has 1 aromatic carbocycles. The molecule has 2 aromatic rings. The highest BCUT2D eigenvalue weighted by Crippen LogP contribution is 2.14. The van der Waals surface area contributed by atoms with Crippen LogP contribution in [0.3, 0.4) is 0 Å². The molecule has 0 saturated carbocycles. The summed E-state index contributed by atoms with van der Waals surface area (Å²) in [5.74, 6) is 0. The van der Waals surface area contributed by atoms with E-state index in [-0.39, 0.29) is 5.54 Å². The fourth-order valence-electron chi connectivity index (χ4n) is 1.92. The highest BCUT2D eigenvalue weighted by atomic mass is 15.0. The van der Waals surface area contributed by atoms with Crippen LogP contribution in [0.25, 0.3) is 11.0 Å². The van der Waals surface area contributed by atoms with Crippen molar-refractivity contribution in [3.8, 4) is 0 Å². The molecule has 0 saturated heterocycles. The molecule has 0 amide bonds. The standard InChI is InChI=1S/C14H21N3/c1-14(2,3)16-8-7-11-5-6-13-12(9-11)15-10-17(13)4/h5-6,9-10,16H,7-8H2,1-4H3. The third-order valence-electron chi connectivity index (χ3n) is 2.86. The van der Waals surface area contributed by atoms with E-state index in [9.17, 15) is 0 Å². The number of aryl methyl sites for hydroxylation is 1. The van der Waals surface area contributed by atoms with E-state index >= 15 is 0 Å². The molecule has 0 aliphatic heterocycles. The van der Waals surface area contributed by atoms with Gasteiger partial charge in [0, 0.05) is 12.6 Å². The first-order valence-electron chi connectivity index (χ1n) is 6.11. The molecule has 92 valence electrons. The maximum atomic E-state index is 4.38. The Kier molecular flexibility index (Phi) is 3.20. The van der Waals surface area contributed by atoms with Gasteiger partial charge < -0.3 is 9.88 Å². The van der Waals surface area contributed by atoms with Crippen LogP contribution < -0.4 is 5.32 Å². The molecule has 3 nitrogen and oxygen atoms in total. The summed E-state index contributed by atoms with van der Waals surface area (Å²) in [5.41, 5.74) is 3.81. The summed E-state index contributed by atoms with van der Waals surface area (Å²) in [6, 6.07) is 6.52. The van der Waals surface area contributed by atoms with Crippen LogP contribution in [0.15, 0.2) is 24.5 Å². The second kappa shape index (κ2) is 4.49. The average molecular weight is 231 g/mol. The number of aromatic nitrogens is 2. The molecule has 1 aromatic heterocycles. The number of nitrogens with zero attached hydrogens (tertiary/aromatic N) is 2. The van der Waals surface area contributed by atoms with Crippen molar-refractivity contribution < 1.29 is 0 Å². The SMILES string of the molecule is Cn1cnc2cc(CCNC(C)(C)C)ccc21. The molecular weight excluding hydrogens is 210 g/mol. The van der Waals surface area contributed by atoms with Crippen molar-refractivity contribution in [3.63, 3.8) is 0 Å². The van der Waals surface area contributed by atoms with Gasteiger partial charge in [-0.2, -0.15) is 0 Å². The van der Waals surface area contributed by atoms with E-state index in [2.05, 4.69) is 49.3 Å². The van der Waals surface area contributed by atoms with E-state index in [0.29, 0.717) is 0 Å². The Morgan fingerprint density at radius 3 is 2.76 bits per heavy atom. The molecule has 2 rings (SSSR count). The number of imidazole rings is 1. The van der Waals surface area contributed by atoms with Crippen LogP contribution in [-0.4, -0.2) is 21.6 Å². The molecule has 17 heavy (non-hydrogen) atoms. The number of fused-ring (bicyclic) bond motifs is 1. The maximum absolute atomic E-state index is 4.38. The first-order chi connectivity index (χ1) is 7.96. The summed E-state index contributed by atoms with van der Waals surface area (Å²) >= 11 is 0. The highest BCUT2D eigenvalue weighted by molar-refractivity contribution is 5.75. The van der Waals surface area contributed by atoms with Crippen molar-refractivity contribution in [1.82, 2.24) is 14.9 Å². The van der Waals surface area contributed by atoms with Gasteiger partial charge in [-0.15, -0.1) is 0 Å². The quantitative estimate of drug-likeness (QED) is 0.879. The van der Waals surface area contributed by atoms with Crippen molar-refractivity contribution in [2.24, 2.45) is 7.05 Å². The van der Waals surface area contributed by atoms with Crippen molar-refractivity contribution in [3.05, 3.63) is 30.1 Å². The molecule has 0 unspecified atom stereocenters. The van der Waals surface area contributed by atoms with Gasteiger partial charge >= 0.3 is 0 Å². The molecule has 0 spiro atoms. The second-order valence-corrected chi connectivity index (χ2v) is 5.61. The Hall–Kier alpha value is -1.35. The predicted molar refractivity (Wildman–Crippen MR) is 72.2 cm³/mol. The van der Waals surface area contributed by atoms with Gasteiger partial charge in [-0.3, -0.25) is 0 Å². The number of hydrogen-bond donors (Lipinski definition) is 1. The minimum absolute atomic E-state index is 0.190. The summed E-state index contributed by atoms with van der Waals surface area (Å²) in [6.07, 6.45) is 2.91. The van der Waals surface area contributed by atoms with E-state index in [0.717, 1.165) is 18.5 Å². The monoisotopic (exact) mass is 231 g/mol. The summed E-state index contributed by atoms with van der Waals surface area (Å²) in [5, 5.41) is 3.50. The van der Waals surface area contributed by atoms with Gasteiger partial charge in [-0.1, -0.05) is 6.07 Å². The molecule has 3 heteroatoms. The fourth-order valence-corrected chi connectivity index (χ4v) is 1.92.